The highest BCUT2D eigenvalue weighted by atomic mass is 32.2. The summed E-state index contributed by atoms with van der Waals surface area (Å²) in [6, 6.07) is 0. The lowest BCUT2D eigenvalue weighted by atomic mass is 10.0. The fraction of sp³-hybridized carbons (Fsp3) is 0.833. The lowest BCUT2D eigenvalue weighted by molar-refractivity contribution is -0.149. The molecule has 58 valence electrons. The van der Waals surface area contributed by atoms with Crippen LogP contribution in [0.5, 0.6) is 0 Å². The molecule has 1 heterocycles. The van der Waals surface area contributed by atoms with Gasteiger partial charge in [-0.15, -0.1) is 0 Å². The Morgan fingerprint density at radius 3 is 2.60 bits per heavy atom. The quantitative estimate of drug-likeness (QED) is 0.570. The molecule has 10 heavy (non-hydrogen) atoms. The first kappa shape index (κ1) is 7.88. The zero-order valence-corrected chi connectivity index (χ0v) is 6.52. The molecule has 1 saturated heterocycles. The van der Waals surface area contributed by atoms with Crippen LogP contribution in [0.15, 0.2) is 0 Å². The van der Waals surface area contributed by atoms with Gasteiger partial charge in [-0.05, 0) is 24.3 Å². The van der Waals surface area contributed by atoms with Crippen LogP contribution in [0.1, 0.15) is 12.8 Å². The maximum absolute atomic E-state index is 10.8. The highest BCUT2D eigenvalue weighted by molar-refractivity contribution is 7.99. The average Bonchev–Trinajstić information content (AvgIpc) is 2.05. The summed E-state index contributed by atoms with van der Waals surface area (Å²) in [7, 11) is 0. The SMILES string of the molecule is NOC(=O)C1CCSCC1. The van der Waals surface area contributed by atoms with Crippen molar-refractivity contribution in [3.63, 3.8) is 0 Å². The zero-order valence-electron chi connectivity index (χ0n) is 5.71. The average molecular weight is 161 g/mol. The van der Waals surface area contributed by atoms with Crippen LogP contribution < -0.4 is 5.90 Å². The standard InChI is InChI=1S/C6H11NO2S/c7-9-6(8)5-1-3-10-4-2-5/h5H,1-4,7H2. The summed E-state index contributed by atoms with van der Waals surface area (Å²) < 4.78 is 0. The Bertz CT molecular complexity index is 123. The molecule has 0 bridgehead atoms. The summed E-state index contributed by atoms with van der Waals surface area (Å²) >= 11 is 1.88. The molecule has 0 spiro atoms. The number of carbonyl (C=O) groups excluding carboxylic acids is 1. The smallest absolute Gasteiger partial charge is 0.327 e. The molecule has 2 N–H and O–H groups in total. The molecule has 1 aliphatic heterocycles. The Morgan fingerprint density at radius 2 is 2.10 bits per heavy atom. The van der Waals surface area contributed by atoms with E-state index < -0.39 is 0 Å². The van der Waals surface area contributed by atoms with E-state index in [0.717, 1.165) is 24.3 Å². The molecule has 3 nitrogen and oxygen atoms in total. The maximum Gasteiger partial charge on any atom is 0.327 e. The Morgan fingerprint density at radius 1 is 1.50 bits per heavy atom. The van der Waals surface area contributed by atoms with Crippen molar-refractivity contribution < 1.29 is 9.63 Å². The van der Waals surface area contributed by atoms with Gasteiger partial charge in [-0.25, -0.2) is 0 Å². The summed E-state index contributed by atoms with van der Waals surface area (Å²) in [6.45, 7) is 0. The minimum absolute atomic E-state index is 0.0613. The number of rotatable bonds is 1. The number of carbonyl (C=O) groups is 1. The fourth-order valence-electron chi connectivity index (χ4n) is 1.03. The molecule has 0 saturated carbocycles. The van der Waals surface area contributed by atoms with Crippen LogP contribution in [-0.4, -0.2) is 17.5 Å². The highest BCUT2D eigenvalue weighted by Gasteiger charge is 2.21. The largest absolute Gasteiger partial charge is 0.373 e. The zero-order chi connectivity index (χ0) is 7.40. The number of nitrogens with two attached hydrogens (primary N) is 1. The summed E-state index contributed by atoms with van der Waals surface area (Å²) in [5.74, 6) is 6.67. The van der Waals surface area contributed by atoms with E-state index >= 15 is 0 Å². The second-order valence-corrected chi connectivity index (χ2v) is 3.55. The van der Waals surface area contributed by atoms with Gasteiger partial charge in [0, 0.05) is 0 Å². The van der Waals surface area contributed by atoms with Gasteiger partial charge >= 0.3 is 5.97 Å². The van der Waals surface area contributed by atoms with E-state index in [4.69, 9.17) is 5.90 Å². The van der Waals surface area contributed by atoms with Gasteiger partial charge in [-0.1, -0.05) is 0 Å². The van der Waals surface area contributed by atoms with Gasteiger partial charge in [0.1, 0.15) is 0 Å². The van der Waals surface area contributed by atoms with Crippen molar-refractivity contribution in [3.05, 3.63) is 0 Å². The molecule has 0 aromatic heterocycles. The second-order valence-electron chi connectivity index (χ2n) is 2.32. The number of hydrogen-bond acceptors (Lipinski definition) is 4. The molecular formula is C6H11NO2S. The number of thioether (sulfide) groups is 1. The lowest BCUT2D eigenvalue weighted by Gasteiger charge is -2.17. The van der Waals surface area contributed by atoms with Gasteiger partial charge in [0.25, 0.3) is 0 Å². The molecule has 0 radical (unpaired) electrons. The first-order chi connectivity index (χ1) is 4.84. The van der Waals surface area contributed by atoms with E-state index in [1.165, 1.54) is 0 Å². The van der Waals surface area contributed by atoms with Gasteiger partial charge in [0.15, 0.2) is 0 Å². The van der Waals surface area contributed by atoms with Crippen molar-refractivity contribution in [2.24, 2.45) is 11.8 Å². The van der Waals surface area contributed by atoms with E-state index in [2.05, 4.69) is 4.84 Å². The normalized spacial score (nSPS) is 20.5. The van der Waals surface area contributed by atoms with Gasteiger partial charge in [-0.2, -0.15) is 17.7 Å². The maximum atomic E-state index is 10.8. The Labute approximate surface area is 64.3 Å². The van der Waals surface area contributed by atoms with E-state index in [9.17, 15) is 4.79 Å². The number of hydrogen-bond donors (Lipinski definition) is 1. The molecular weight excluding hydrogens is 150 g/mol. The van der Waals surface area contributed by atoms with Crippen LogP contribution in [0.3, 0.4) is 0 Å². The van der Waals surface area contributed by atoms with Crippen molar-refractivity contribution >= 4 is 17.7 Å². The van der Waals surface area contributed by atoms with Crippen molar-refractivity contribution in [1.29, 1.82) is 0 Å². The summed E-state index contributed by atoms with van der Waals surface area (Å²) in [6.07, 6.45) is 1.83. The summed E-state index contributed by atoms with van der Waals surface area (Å²) in [5, 5.41) is 0. The van der Waals surface area contributed by atoms with Gasteiger partial charge in [0.05, 0.1) is 5.92 Å². The molecule has 4 heteroatoms. The first-order valence-electron chi connectivity index (χ1n) is 3.33. The third-order valence-corrected chi connectivity index (χ3v) is 2.72. The third kappa shape index (κ3) is 1.88. The molecule has 0 amide bonds. The van der Waals surface area contributed by atoms with Crippen LogP contribution in [0, 0.1) is 5.92 Å². The minimum Gasteiger partial charge on any atom is -0.373 e. The lowest BCUT2D eigenvalue weighted by Crippen LogP contribution is -2.24. The van der Waals surface area contributed by atoms with E-state index in [0.29, 0.717) is 0 Å². The Kier molecular flexibility index (Phi) is 3.02. The van der Waals surface area contributed by atoms with Crippen molar-refractivity contribution in [1.82, 2.24) is 0 Å². The predicted octanol–water partition coefficient (Wildman–Crippen LogP) is 0.546. The molecule has 1 aliphatic rings. The fourth-order valence-corrected chi connectivity index (χ4v) is 2.14. The van der Waals surface area contributed by atoms with E-state index in [-0.39, 0.29) is 11.9 Å². The Hall–Kier alpha value is -0.220. The van der Waals surface area contributed by atoms with Gasteiger partial charge < -0.3 is 4.84 Å². The molecule has 1 fully saturated rings. The molecule has 1 rings (SSSR count). The van der Waals surface area contributed by atoms with Crippen LogP contribution in [-0.2, 0) is 9.63 Å². The molecule has 0 aromatic rings. The molecule has 0 aromatic carbocycles. The van der Waals surface area contributed by atoms with Crippen LogP contribution in [0.25, 0.3) is 0 Å². The van der Waals surface area contributed by atoms with Crippen molar-refractivity contribution in [2.75, 3.05) is 11.5 Å². The first-order valence-corrected chi connectivity index (χ1v) is 4.48. The minimum atomic E-state index is -0.250. The summed E-state index contributed by atoms with van der Waals surface area (Å²) in [4.78, 5) is 15.0. The summed E-state index contributed by atoms with van der Waals surface area (Å²) in [5.41, 5.74) is 0. The molecule has 0 atom stereocenters. The monoisotopic (exact) mass is 161 g/mol. The van der Waals surface area contributed by atoms with Gasteiger partial charge in [0.2, 0.25) is 0 Å². The van der Waals surface area contributed by atoms with E-state index in [1.807, 2.05) is 11.8 Å². The van der Waals surface area contributed by atoms with Gasteiger partial charge in [-0.3, -0.25) is 4.79 Å². The molecule has 0 aliphatic carbocycles. The van der Waals surface area contributed by atoms with Crippen molar-refractivity contribution in [3.8, 4) is 0 Å². The third-order valence-electron chi connectivity index (χ3n) is 1.67. The predicted molar refractivity (Wildman–Crippen MR) is 40.3 cm³/mol. The van der Waals surface area contributed by atoms with Crippen LogP contribution in [0.2, 0.25) is 0 Å². The molecule has 0 unspecified atom stereocenters. The highest BCUT2D eigenvalue weighted by Crippen LogP contribution is 2.22. The van der Waals surface area contributed by atoms with Crippen molar-refractivity contribution in [2.45, 2.75) is 12.8 Å². The van der Waals surface area contributed by atoms with E-state index in [1.54, 1.807) is 0 Å². The van der Waals surface area contributed by atoms with Crippen LogP contribution >= 0.6 is 11.8 Å². The topological polar surface area (TPSA) is 52.3 Å². The Balaban J connectivity index is 2.31. The van der Waals surface area contributed by atoms with Crippen LogP contribution in [0.4, 0.5) is 0 Å². The second kappa shape index (κ2) is 3.83.